The van der Waals surface area contributed by atoms with Crippen molar-refractivity contribution in [2.75, 3.05) is 25.5 Å². The molecule has 0 unspecified atom stereocenters. The van der Waals surface area contributed by atoms with Crippen LogP contribution in [0.25, 0.3) is 0 Å². The molecule has 0 saturated carbocycles. The van der Waals surface area contributed by atoms with E-state index in [0.29, 0.717) is 43.5 Å². The highest BCUT2D eigenvalue weighted by Crippen LogP contribution is 2.22. The summed E-state index contributed by atoms with van der Waals surface area (Å²) in [7, 11) is 0. The Hall–Kier alpha value is -2.41. The van der Waals surface area contributed by atoms with Crippen molar-refractivity contribution in [3.05, 3.63) is 35.4 Å². The smallest absolute Gasteiger partial charge is 0.261 e. The van der Waals surface area contributed by atoms with Crippen molar-refractivity contribution in [3.63, 3.8) is 0 Å². The van der Waals surface area contributed by atoms with E-state index < -0.39 is 0 Å². The first kappa shape index (κ1) is 19.4. The third-order valence-corrected chi connectivity index (χ3v) is 5.22. The zero-order valence-electron chi connectivity index (χ0n) is 14.9. The zero-order valence-corrected chi connectivity index (χ0v) is 15.7. The second kappa shape index (κ2) is 8.52. The van der Waals surface area contributed by atoms with Crippen molar-refractivity contribution in [1.82, 2.24) is 15.1 Å². The Bertz CT molecular complexity index is 724. The van der Waals surface area contributed by atoms with E-state index in [0.717, 1.165) is 0 Å². The molecule has 3 rings (SSSR count). The molecule has 1 aromatic carbocycles. The lowest BCUT2D eigenvalue weighted by Crippen LogP contribution is -2.47. The Morgan fingerprint density at radius 2 is 1.67 bits per heavy atom. The number of carbonyl (C=O) groups excluding carboxylic acids is 4. The average molecular weight is 392 g/mol. The SMILES string of the molecule is O=C(CCCN1C(=O)c2ccccc2C1=O)NC1CCN(C(=O)CCl)CC1. The van der Waals surface area contributed by atoms with Gasteiger partial charge in [-0.2, -0.15) is 0 Å². The Balaban J connectivity index is 1.40. The number of rotatable bonds is 6. The van der Waals surface area contributed by atoms with Crippen molar-refractivity contribution in [2.24, 2.45) is 0 Å². The molecule has 144 valence electrons. The summed E-state index contributed by atoms with van der Waals surface area (Å²) in [4.78, 5) is 51.1. The summed E-state index contributed by atoms with van der Waals surface area (Å²) < 4.78 is 0. The number of likely N-dealkylation sites (tertiary alicyclic amines) is 1. The summed E-state index contributed by atoms with van der Waals surface area (Å²) in [5.41, 5.74) is 0.843. The summed E-state index contributed by atoms with van der Waals surface area (Å²) in [6.45, 7) is 1.40. The van der Waals surface area contributed by atoms with Crippen molar-refractivity contribution >= 4 is 35.2 Å². The molecule has 0 bridgehead atoms. The molecule has 27 heavy (non-hydrogen) atoms. The highest BCUT2D eigenvalue weighted by molar-refractivity contribution is 6.27. The van der Waals surface area contributed by atoms with Crippen LogP contribution in [0.15, 0.2) is 24.3 Å². The molecule has 1 saturated heterocycles. The maximum absolute atomic E-state index is 12.3. The standard InChI is InChI=1S/C19H22ClN3O4/c20-12-17(25)22-10-7-13(8-11-22)21-16(24)6-3-9-23-18(26)14-4-1-2-5-15(14)19(23)27/h1-2,4-5,13H,3,6-12H2,(H,21,24). The summed E-state index contributed by atoms with van der Waals surface area (Å²) in [6.07, 6.45) is 2.06. The van der Waals surface area contributed by atoms with E-state index in [1.165, 1.54) is 4.90 Å². The van der Waals surface area contributed by atoms with Crippen LogP contribution in [0.5, 0.6) is 0 Å². The van der Waals surface area contributed by atoms with Crippen LogP contribution in [0, 0.1) is 0 Å². The molecule has 1 N–H and O–H groups in total. The monoisotopic (exact) mass is 391 g/mol. The van der Waals surface area contributed by atoms with Crippen LogP contribution in [-0.4, -0.2) is 65.0 Å². The topological polar surface area (TPSA) is 86.8 Å². The first-order valence-electron chi connectivity index (χ1n) is 9.09. The number of alkyl halides is 1. The van der Waals surface area contributed by atoms with Gasteiger partial charge >= 0.3 is 0 Å². The molecule has 1 fully saturated rings. The molecule has 7 nitrogen and oxygen atoms in total. The first-order valence-corrected chi connectivity index (χ1v) is 9.63. The van der Waals surface area contributed by atoms with E-state index >= 15 is 0 Å². The quantitative estimate of drug-likeness (QED) is 0.586. The van der Waals surface area contributed by atoms with Gasteiger partial charge in [0.25, 0.3) is 11.8 Å². The Morgan fingerprint density at radius 3 is 2.22 bits per heavy atom. The third-order valence-electron chi connectivity index (χ3n) is 4.99. The number of hydrogen-bond acceptors (Lipinski definition) is 4. The number of halogens is 1. The molecule has 0 atom stereocenters. The molecule has 8 heteroatoms. The minimum atomic E-state index is -0.299. The van der Waals surface area contributed by atoms with Gasteiger partial charge < -0.3 is 10.2 Å². The molecule has 2 aliphatic heterocycles. The molecule has 4 amide bonds. The van der Waals surface area contributed by atoms with Gasteiger partial charge in [0.1, 0.15) is 5.88 Å². The number of carbonyl (C=O) groups is 4. The van der Waals surface area contributed by atoms with Crippen LogP contribution >= 0.6 is 11.6 Å². The van der Waals surface area contributed by atoms with Gasteiger partial charge in [-0.3, -0.25) is 24.1 Å². The number of fused-ring (bicyclic) bond motifs is 1. The van der Waals surface area contributed by atoms with Crippen LogP contribution in [0.2, 0.25) is 0 Å². The lowest BCUT2D eigenvalue weighted by atomic mass is 10.0. The summed E-state index contributed by atoms with van der Waals surface area (Å²) >= 11 is 5.55. The van der Waals surface area contributed by atoms with Gasteiger partial charge in [-0.1, -0.05) is 12.1 Å². The number of hydrogen-bond donors (Lipinski definition) is 1. The van der Waals surface area contributed by atoms with Crippen molar-refractivity contribution in [2.45, 2.75) is 31.7 Å². The third kappa shape index (κ3) is 4.30. The van der Waals surface area contributed by atoms with Crippen molar-refractivity contribution in [3.8, 4) is 0 Å². The lowest BCUT2D eigenvalue weighted by Gasteiger charge is -2.32. The predicted molar refractivity (Wildman–Crippen MR) is 99.5 cm³/mol. The van der Waals surface area contributed by atoms with Crippen LogP contribution in [-0.2, 0) is 9.59 Å². The van der Waals surface area contributed by atoms with E-state index in [1.807, 2.05) is 0 Å². The number of nitrogens with one attached hydrogen (secondary N) is 1. The van der Waals surface area contributed by atoms with Crippen molar-refractivity contribution in [1.29, 1.82) is 0 Å². The number of piperidine rings is 1. The second-order valence-corrected chi connectivity index (χ2v) is 7.03. The average Bonchev–Trinajstić information content (AvgIpc) is 2.93. The van der Waals surface area contributed by atoms with E-state index in [9.17, 15) is 19.2 Å². The Morgan fingerprint density at radius 1 is 1.07 bits per heavy atom. The Kier molecular flexibility index (Phi) is 6.11. The number of amides is 4. The molecule has 0 aliphatic carbocycles. The van der Waals surface area contributed by atoms with Gasteiger partial charge in [-0.25, -0.2) is 0 Å². The largest absolute Gasteiger partial charge is 0.353 e. The number of benzene rings is 1. The van der Waals surface area contributed by atoms with E-state index in [-0.39, 0.29) is 48.5 Å². The summed E-state index contributed by atoms with van der Waals surface area (Å²) in [5, 5.41) is 2.96. The van der Waals surface area contributed by atoms with Gasteiger partial charge in [-0.05, 0) is 31.4 Å². The normalized spacial score (nSPS) is 17.2. The molecule has 2 heterocycles. The fourth-order valence-electron chi connectivity index (χ4n) is 3.50. The molecule has 2 aliphatic rings. The molecule has 0 spiro atoms. The fourth-order valence-corrected chi connectivity index (χ4v) is 3.67. The van der Waals surface area contributed by atoms with Crippen molar-refractivity contribution < 1.29 is 19.2 Å². The maximum atomic E-state index is 12.3. The minimum Gasteiger partial charge on any atom is -0.353 e. The van der Waals surface area contributed by atoms with Crippen LogP contribution in [0.1, 0.15) is 46.4 Å². The van der Waals surface area contributed by atoms with Crippen LogP contribution in [0.3, 0.4) is 0 Å². The predicted octanol–water partition coefficient (Wildman–Crippen LogP) is 1.41. The van der Waals surface area contributed by atoms with Gasteiger partial charge in [0.15, 0.2) is 0 Å². The van der Waals surface area contributed by atoms with Gasteiger partial charge in [0.05, 0.1) is 11.1 Å². The first-order chi connectivity index (χ1) is 13.0. The van der Waals surface area contributed by atoms with Crippen LogP contribution < -0.4 is 5.32 Å². The molecular weight excluding hydrogens is 370 g/mol. The minimum absolute atomic E-state index is 0.0190. The van der Waals surface area contributed by atoms with E-state index in [2.05, 4.69) is 5.32 Å². The fraction of sp³-hybridized carbons (Fsp3) is 0.474. The lowest BCUT2D eigenvalue weighted by molar-refractivity contribution is -0.129. The summed E-state index contributed by atoms with van der Waals surface area (Å²) in [5.74, 6) is -0.801. The Labute approximate surface area is 162 Å². The molecule has 0 aromatic heterocycles. The van der Waals surface area contributed by atoms with Gasteiger partial charge in [0.2, 0.25) is 11.8 Å². The number of imide groups is 1. The van der Waals surface area contributed by atoms with Gasteiger partial charge in [-0.15, -0.1) is 11.6 Å². The highest BCUT2D eigenvalue weighted by Gasteiger charge is 2.34. The van der Waals surface area contributed by atoms with E-state index in [4.69, 9.17) is 11.6 Å². The zero-order chi connectivity index (χ0) is 19.4. The molecule has 0 radical (unpaired) electrons. The molecular formula is C19H22ClN3O4. The van der Waals surface area contributed by atoms with Gasteiger partial charge in [0, 0.05) is 32.1 Å². The van der Waals surface area contributed by atoms with E-state index in [1.54, 1.807) is 29.2 Å². The molecule has 1 aromatic rings. The maximum Gasteiger partial charge on any atom is 0.261 e. The summed E-state index contributed by atoms with van der Waals surface area (Å²) in [6, 6.07) is 6.78. The van der Waals surface area contributed by atoms with Crippen LogP contribution in [0.4, 0.5) is 0 Å². The number of nitrogens with zero attached hydrogens (tertiary/aromatic N) is 2. The second-order valence-electron chi connectivity index (χ2n) is 6.77. The highest BCUT2D eigenvalue weighted by atomic mass is 35.5.